The molecule has 1 aliphatic rings. The Morgan fingerprint density at radius 1 is 1.50 bits per heavy atom. The number of rotatable bonds is 3. The third-order valence-corrected chi connectivity index (χ3v) is 3.54. The van der Waals surface area contributed by atoms with Gasteiger partial charge in [0.15, 0.2) is 5.78 Å². The van der Waals surface area contributed by atoms with Crippen molar-refractivity contribution in [2.24, 2.45) is 0 Å². The van der Waals surface area contributed by atoms with Crippen LogP contribution in [0.4, 0.5) is 5.82 Å². The van der Waals surface area contributed by atoms with Gasteiger partial charge in [0, 0.05) is 38.3 Å². The lowest BCUT2D eigenvalue weighted by atomic mass is 10.0. The van der Waals surface area contributed by atoms with Crippen LogP contribution in [0, 0.1) is 0 Å². The molecule has 0 aliphatic carbocycles. The van der Waals surface area contributed by atoms with Crippen LogP contribution >= 0.6 is 0 Å². The summed E-state index contributed by atoms with van der Waals surface area (Å²) in [5.74, 6) is 0.405. The van der Waals surface area contributed by atoms with Gasteiger partial charge in [0.25, 0.3) is 0 Å². The maximum Gasteiger partial charge on any atom is 0.168 e. The van der Waals surface area contributed by atoms with E-state index >= 15 is 0 Å². The Balaban J connectivity index is 2.05. The second kappa shape index (κ2) is 5.46. The highest BCUT2D eigenvalue weighted by atomic mass is 16.1. The third-order valence-electron chi connectivity index (χ3n) is 3.54. The van der Waals surface area contributed by atoms with Crippen LogP contribution in [0.5, 0.6) is 0 Å². The first-order valence-electron chi connectivity index (χ1n) is 6.20. The molecule has 1 saturated heterocycles. The Bertz CT molecular complexity index is 435. The van der Waals surface area contributed by atoms with Crippen molar-refractivity contribution in [3.05, 3.63) is 23.9 Å². The number of pyridine rings is 1. The zero-order valence-electron chi connectivity index (χ0n) is 11.0. The van der Waals surface area contributed by atoms with Gasteiger partial charge in [-0.1, -0.05) is 0 Å². The van der Waals surface area contributed by atoms with Gasteiger partial charge in [-0.2, -0.15) is 0 Å². The monoisotopic (exact) mass is 248 g/mol. The molecule has 0 bridgehead atoms. The number of carbonyl (C=O) groups excluding carboxylic acids is 1. The van der Waals surface area contributed by atoms with Crippen molar-refractivity contribution in [3.63, 3.8) is 0 Å². The molecule has 1 unspecified atom stereocenters. The quantitative estimate of drug-likeness (QED) is 0.788. The largest absolute Gasteiger partial charge is 0.383 e. The Morgan fingerprint density at radius 2 is 2.28 bits per heavy atom. The van der Waals surface area contributed by atoms with Crippen LogP contribution in [-0.4, -0.2) is 60.3 Å². The van der Waals surface area contributed by atoms with Gasteiger partial charge in [0.2, 0.25) is 0 Å². The summed E-state index contributed by atoms with van der Waals surface area (Å²) in [6, 6.07) is 3.76. The molecule has 5 heteroatoms. The van der Waals surface area contributed by atoms with Crippen LogP contribution in [0.15, 0.2) is 18.3 Å². The van der Waals surface area contributed by atoms with E-state index in [2.05, 4.69) is 28.9 Å². The lowest BCUT2D eigenvalue weighted by Gasteiger charge is -2.37. The number of nitrogen functional groups attached to an aromatic ring is 1. The molecule has 0 radical (unpaired) electrons. The molecule has 2 N–H and O–H groups in total. The van der Waals surface area contributed by atoms with E-state index in [0.717, 1.165) is 19.6 Å². The average molecular weight is 248 g/mol. The number of nitrogens with two attached hydrogens (primary N) is 1. The number of nitrogens with zero attached hydrogens (tertiary/aromatic N) is 3. The molecule has 0 amide bonds. The lowest BCUT2D eigenvalue weighted by Crippen LogP contribution is -2.50. The second-order valence-electron chi connectivity index (χ2n) is 4.96. The highest BCUT2D eigenvalue weighted by Crippen LogP contribution is 2.16. The van der Waals surface area contributed by atoms with E-state index in [1.165, 1.54) is 0 Å². The first kappa shape index (κ1) is 13.0. The van der Waals surface area contributed by atoms with Gasteiger partial charge in [-0.25, -0.2) is 4.98 Å². The highest BCUT2D eigenvalue weighted by molar-refractivity contribution is 6.00. The summed E-state index contributed by atoms with van der Waals surface area (Å²) in [7, 11) is 4.15. The summed E-state index contributed by atoms with van der Waals surface area (Å²) in [5, 5.41) is 0. The maximum atomic E-state index is 12.2. The van der Waals surface area contributed by atoms with Crippen molar-refractivity contribution < 1.29 is 4.79 Å². The normalized spacial score (nSPS) is 22.0. The van der Waals surface area contributed by atoms with Gasteiger partial charge in [-0.3, -0.25) is 4.79 Å². The summed E-state index contributed by atoms with van der Waals surface area (Å²) in [6.07, 6.45) is 2.10. The van der Waals surface area contributed by atoms with Crippen LogP contribution in [-0.2, 0) is 0 Å². The van der Waals surface area contributed by atoms with Crippen molar-refractivity contribution in [3.8, 4) is 0 Å². The van der Waals surface area contributed by atoms with Crippen molar-refractivity contribution in [2.75, 3.05) is 39.5 Å². The molecular formula is C13H20N4O. The minimum atomic E-state index is 0.0766. The van der Waals surface area contributed by atoms with E-state index in [0.29, 0.717) is 17.8 Å². The lowest BCUT2D eigenvalue weighted by molar-refractivity contribution is 0.0810. The Hall–Kier alpha value is -1.46. The molecule has 1 fully saturated rings. The fourth-order valence-electron chi connectivity index (χ4n) is 2.30. The van der Waals surface area contributed by atoms with Crippen LogP contribution in [0.25, 0.3) is 0 Å². The molecule has 0 aromatic carbocycles. The summed E-state index contributed by atoms with van der Waals surface area (Å²) < 4.78 is 0. The van der Waals surface area contributed by atoms with Gasteiger partial charge in [-0.15, -0.1) is 0 Å². The topological polar surface area (TPSA) is 62.5 Å². The van der Waals surface area contributed by atoms with E-state index in [9.17, 15) is 4.79 Å². The SMILES string of the molecule is CN1CCN(C)C(CC(=O)c2cccnc2N)C1. The maximum absolute atomic E-state index is 12.2. The van der Waals surface area contributed by atoms with Crippen LogP contribution in [0.3, 0.4) is 0 Å². The molecular weight excluding hydrogens is 228 g/mol. The second-order valence-corrected chi connectivity index (χ2v) is 4.96. The van der Waals surface area contributed by atoms with Gasteiger partial charge in [0.05, 0.1) is 5.56 Å². The first-order valence-corrected chi connectivity index (χ1v) is 6.20. The zero-order valence-corrected chi connectivity index (χ0v) is 11.0. The van der Waals surface area contributed by atoms with Gasteiger partial charge in [0.1, 0.15) is 5.82 Å². The smallest absolute Gasteiger partial charge is 0.168 e. The average Bonchev–Trinajstić information content (AvgIpc) is 2.34. The number of hydrogen-bond acceptors (Lipinski definition) is 5. The Labute approximate surface area is 108 Å². The van der Waals surface area contributed by atoms with E-state index in [1.807, 2.05) is 0 Å². The number of anilines is 1. The van der Waals surface area contributed by atoms with Crippen LogP contribution in [0.1, 0.15) is 16.8 Å². The fraction of sp³-hybridized carbons (Fsp3) is 0.538. The van der Waals surface area contributed by atoms with Crippen molar-refractivity contribution in [1.82, 2.24) is 14.8 Å². The van der Waals surface area contributed by atoms with Gasteiger partial charge in [-0.05, 0) is 26.2 Å². The van der Waals surface area contributed by atoms with Crippen LogP contribution < -0.4 is 5.73 Å². The number of piperazine rings is 1. The third kappa shape index (κ3) is 2.86. The van der Waals surface area contributed by atoms with Crippen molar-refractivity contribution in [1.29, 1.82) is 0 Å². The molecule has 0 spiro atoms. The van der Waals surface area contributed by atoms with Gasteiger partial charge >= 0.3 is 0 Å². The molecule has 18 heavy (non-hydrogen) atoms. The number of aromatic nitrogens is 1. The molecule has 0 saturated carbocycles. The molecule has 2 heterocycles. The predicted molar refractivity (Wildman–Crippen MR) is 71.5 cm³/mol. The van der Waals surface area contributed by atoms with E-state index < -0.39 is 0 Å². The molecule has 2 rings (SSSR count). The number of likely N-dealkylation sites (N-methyl/N-ethyl adjacent to an activating group) is 2. The zero-order chi connectivity index (χ0) is 13.1. The standard InChI is InChI=1S/C13H20N4O/c1-16-6-7-17(2)10(9-16)8-12(18)11-4-3-5-15-13(11)14/h3-5,10H,6-9H2,1-2H3,(H2,14,15). The van der Waals surface area contributed by atoms with Crippen molar-refractivity contribution >= 4 is 11.6 Å². The molecule has 1 atom stereocenters. The molecule has 1 aliphatic heterocycles. The predicted octanol–water partition coefficient (Wildman–Crippen LogP) is 0.482. The first-order chi connectivity index (χ1) is 8.58. The van der Waals surface area contributed by atoms with E-state index in [4.69, 9.17) is 5.73 Å². The number of Topliss-reactive ketones (excluding diaryl/α,β-unsaturated/α-hetero) is 1. The van der Waals surface area contributed by atoms with Crippen molar-refractivity contribution in [2.45, 2.75) is 12.5 Å². The van der Waals surface area contributed by atoms with E-state index in [-0.39, 0.29) is 11.8 Å². The number of carbonyl (C=O) groups is 1. The summed E-state index contributed by atoms with van der Waals surface area (Å²) in [4.78, 5) is 20.7. The molecule has 1 aromatic rings. The van der Waals surface area contributed by atoms with E-state index in [1.54, 1.807) is 18.3 Å². The highest BCUT2D eigenvalue weighted by Gasteiger charge is 2.25. The fourth-order valence-corrected chi connectivity index (χ4v) is 2.30. The molecule has 98 valence electrons. The summed E-state index contributed by atoms with van der Waals surface area (Å²) in [5.41, 5.74) is 6.27. The number of hydrogen-bond donors (Lipinski definition) is 1. The Morgan fingerprint density at radius 3 is 3.00 bits per heavy atom. The minimum absolute atomic E-state index is 0.0766. The summed E-state index contributed by atoms with van der Waals surface area (Å²) >= 11 is 0. The number of ketones is 1. The van der Waals surface area contributed by atoms with Gasteiger partial charge < -0.3 is 15.5 Å². The molecule has 5 nitrogen and oxygen atoms in total. The summed E-state index contributed by atoms with van der Waals surface area (Å²) in [6.45, 7) is 2.97. The minimum Gasteiger partial charge on any atom is -0.383 e. The molecule has 1 aromatic heterocycles. The Kier molecular flexibility index (Phi) is 3.93. The van der Waals surface area contributed by atoms with Crippen LogP contribution in [0.2, 0.25) is 0 Å².